The van der Waals surface area contributed by atoms with E-state index in [1.54, 1.807) is 11.3 Å². The van der Waals surface area contributed by atoms with E-state index in [9.17, 15) is 5.11 Å². The molecule has 1 aromatic rings. The Bertz CT molecular complexity index is 287. The molecule has 0 radical (unpaired) electrons. The van der Waals surface area contributed by atoms with Crippen LogP contribution in [0.2, 0.25) is 0 Å². The van der Waals surface area contributed by atoms with Crippen LogP contribution in [0.3, 0.4) is 0 Å². The molecule has 0 amide bonds. The molecule has 0 aliphatic carbocycles. The van der Waals surface area contributed by atoms with Gasteiger partial charge in [0, 0.05) is 11.5 Å². The van der Waals surface area contributed by atoms with E-state index in [1.165, 1.54) is 4.88 Å². The molecule has 1 fully saturated rings. The van der Waals surface area contributed by atoms with E-state index in [4.69, 9.17) is 4.74 Å². The standard InChI is InChI=1S/C10H14O2S/c1-8-5-9(6-13-8)10(11)3-2-4-12-7-10/h5-6,11H,2-4,7H2,1H3. The summed E-state index contributed by atoms with van der Waals surface area (Å²) in [7, 11) is 0. The fourth-order valence-corrected chi connectivity index (χ4v) is 2.49. The fraction of sp³-hybridized carbons (Fsp3) is 0.600. The predicted molar refractivity (Wildman–Crippen MR) is 53.0 cm³/mol. The second-order valence-corrected chi connectivity index (χ2v) is 4.75. The Hall–Kier alpha value is -0.380. The molecule has 0 saturated carbocycles. The monoisotopic (exact) mass is 198 g/mol. The maximum absolute atomic E-state index is 10.2. The summed E-state index contributed by atoms with van der Waals surface area (Å²) in [5, 5.41) is 12.3. The van der Waals surface area contributed by atoms with Gasteiger partial charge >= 0.3 is 0 Å². The Kier molecular flexibility index (Phi) is 2.41. The summed E-state index contributed by atoms with van der Waals surface area (Å²) < 4.78 is 5.30. The topological polar surface area (TPSA) is 29.5 Å². The second kappa shape index (κ2) is 3.40. The molecule has 1 atom stereocenters. The van der Waals surface area contributed by atoms with Gasteiger partial charge in [0.15, 0.2) is 0 Å². The molecule has 2 heterocycles. The summed E-state index contributed by atoms with van der Waals surface area (Å²) in [6.07, 6.45) is 1.77. The van der Waals surface area contributed by atoms with Gasteiger partial charge in [0.1, 0.15) is 5.60 Å². The Labute approximate surface area is 82.2 Å². The molecule has 3 heteroatoms. The zero-order chi connectivity index (χ0) is 9.31. The highest BCUT2D eigenvalue weighted by Crippen LogP contribution is 2.32. The summed E-state index contributed by atoms with van der Waals surface area (Å²) in [4.78, 5) is 1.24. The zero-order valence-corrected chi connectivity index (χ0v) is 8.56. The van der Waals surface area contributed by atoms with Crippen LogP contribution in [0.1, 0.15) is 23.3 Å². The smallest absolute Gasteiger partial charge is 0.114 e. The van der Waals surface area contributed by atoms with Gasteiger partial charge in [-0.2, -0.15) is 0 Å². The molecule has 1 aromatic heterocycles. The number of thiophene rings is 1. The van der Waals surface area contributed by atoms with E-state index in [0.29, 0.717) is 6.61 Å². The Morgan fingerprint density at radius 1 is 1.62 bits per heavy atom. The number of ether oxygens (including phenoxy) is 1. The third-order valence-electron chi connectivity index (χ3n) is 2.49. The lowest BCUT2D eigenvalue weighted by Gasteiger charge is -2.31. The van der Waals surface area contributed by atoms with Gasteiger partial charge < -0.3 is 9.84 Å². The molecule has 1 saturated heterocycles. The van der Waals surface area contributed by atoms with Gasteiger partial charge in [-0.05, 0) is 36.8 Å². The van der Waals surface area contributed by atoms with Crippen molar-refractivity contribution >= 4 is 11.3 Å². The average Bonchev–Trinajstić information content (AvgIpc) is 2.54. The van der Waals surface area contributed by atoms with Crippen LogP contribution in [0.25, 0.3) is 0 Å². The molecule has 2 rings (SSSR count). The van der Waals surface area contributed by atoms with Crippen molar-refractivity contribution in [2.45, 2.75) is 25.4 Å². The first-order valence-corrected chi connectivity index (χ1v) is 5.44. The molecule has 0 aromatic carbocycles. The predicted octanol–water partition coefficient (Wildman–Crippen LogP) is 2.05. The van der Waals surface area contributed by atoms with Crippen LogP contribution in [0.4, 0.5) is 0 Å². The first-order valence-electron chi connectivity index (χ1n) is 4.56. The quantitative estimate of drug-likeness (QED) is 0.748. The minimum atomic E-state index is -0.719. The molecule has 13 heavy (non-hydrogen) atoms. The second-order valence-electron chi connectivity index (χ2n) is 3.63. The van der Waals surface area contributed by atoms with E-state index in [-0.39, 0.29) is 0 Å². The van der Waals surface area contributed by atoms with Crippen molar-refractivity contribution in [3.05, 3.63) is 21.9 Å². The van der Waals surface area contributed by atoms with E-state index in [0.717, 1.165) is 25.0 Å². The lowest BCUT2D eigenvalue weighted by molar-refractivity contribution is -0.0900. The molecular formula is C10H14O2S. The Morgan fingerprint density at radius 2 is 2.46 bits per heavy atom. The van der Waals surface area contributed by atoms with Gasteiger partial charge in [0.25, 0.3) is 0 Å². The van der Waals surface area contributed by atoms with E-state index < -0.39 is 5.60 Å². The number of rotatable bonds is 1. The van der Waals surface area contributed by atoms with Crippen molar-refractivity contribution in [3.8, 4) is 0 Å². The summed E-state index contributed by atoms with van der Waals surface area (Å²) in [5.41, 5.74) is 0.304. The van der Waals surface area contributed by atoms with Crippen molar-refractivity contribution in [2.75, 3.05) is 13.2 Å². The molecule has 2 nitrogen and oxygen atoms in total. The van der Waals surface area contributed by atoms with Gasteiger partial charge in [-0.1, -0.05) is 0 Å². The average molecular weight is 198 g/mol. The first kappa shape index (κ1) is 9.19. The van der Waals surface area contributed by atoms with Crippen molar-refractivity contribution in [2.24, 2.45) is 0 Å². The summed E-state index contributed by atoms with van der Waals surface area (Å²) in [6.45, 7) is 3.29. The normalized spacial score (nSPS) is 29.1. The molecule has 0 spiro atoms. The third kappa shape index (κ3) is 1.77. The largest absolute Gasteiger partial charge is 0.383 e. The number of hydrogen-bond donors (Lipinski definition) is 1. The van der Waals surface area contributed by atoms with E-state index in [1.807, 2.05) is 5.38 Å². The lowest BCUT2D eigenvalue weighted by atomic mass is 9.90. The molecule has 72 valence electrons. The highest BCUT2D eigenvalue weighted by atomic mass is 32.1. The van der Waals surface area contributed by atoms with Crippen LogP contribution in [0, 0.1) is 6.92 Å². The SMILES string of the molecule is Cc1cc(C2(O)CCCOC2)cs1. The van der Waals surface area contributed by atoms with Crippen LogP contribution < -0.4 is 0 Å². The Morgan fingerprint density at radius 3 is 3.00 bits per heavy atom. The summed E-state index contributed by atoms with van der Waals surface area (Å²) in [5.74, 6) is 0. The van der Waals surface area contributed by atoms with Gasteiger partial charge in [0.05, 0.1) is 6.61 Å². The highest BCUT2D eigenvalue weighted by molar-refractivity contribution is 7.10. The van der Waals surface area contributed by atoms with Gasteiger partial charge in [-0.3, -0.25) is 0 Å². The van der Waals surface area contributed by atoms with Crippen LogP contribution in [-0.4, -0.2) is 18.3 Å². The molecule has 1 aliphatic heterocycles. The van der Waals surface area contributed by atoms with Crippen LogP contribution >= 0.6 is 11.3 Å². The molecule has 1 N–H and O–H groups in total. The van der Waals surface area contributed by atoms with Crippen LogP contribution in [0.5, 0.6) is 0 Å². The zero-order valence-electron chi connectivity index (χ0n) is 7.75. The molecular weight excluding hydrogens is 184 g/mol. The van der Waals surface area contributed by atoms with Crippen molar-refractivity contribution < 1.29 is 9.84 Å². The lowest BCUT2D eigenvalue weighted by Crippen LogP contribution is -2.35. The number of hydrogen-bond acceptors (Lipinski definition) is 3. The molecule has 1 unspecified atom stereocenters. The summed E-state index contributed by atoms with van der Waals surface area (Å²) >= 11 is 1.68. The maximum Gasteiger partial charge on any atom is 0.114 e. The highest BCUT2D eigenvalue weighted by Gasteiger charge is 2.32. The van der Waals surface area contributed by atoms with Crippen molar-refractivity contribution in [3.63, 3.8) is 0 Å². The van der Waals surface area contributed by atoms with Gasteiger partial charge in [-0.15, -0.1) is 11.3 Å². The first-order chi connectivity index (χ1) is 6.21. The molecule has 1 aliphatic rings. The van der Waals surface area contributed by atoms with Gasteiger partial charge in [-0.25, -0.2) is 0 Å². The fourth-order valence-electron chi connectivity index (χ4n) is 1.70. The van der Waals surface area contributed by atoms with Crippen LogP contribution in [-0.2, 0) is 10.3 Å². The summed E-state index contributed by atoms with van der Waals surface area (Å²) in [6, 6.07) is 2.05. The third-order valence-corrected chi connectivity index (χ3v) is 3.35. The van der Waals surface area contributed by atoms with Crippen LogP contribution in [0.15, 0.2) is 11.4 Å². The van der Waals surface area contributed by atoms with E-state index in [2.05, 4.69) is 13.0 Å². The number of aryl methyl sites for hydroxylation is 1. The number of aliphatic hydroxyl groups is 1. The maximum atomic E-state index is 10.2. The van der Waals surface area contributed by atoms with Crippen molar-refractivity contribution in [1.82, 2.24) is 0 Å². The van der Waals surface area contributed by atoms with Gasteiger partial charge in [0.2, 0.25) is 0 Å². The molecule has 0 bridgehead atoms. The van der Waals surface area contributed by atoms with E-state index >= 15 is 0 Å². The van der Waals surface area contributed by atoms with Crippen molar-refractivity contribution in [1.29, 1.82) is 0 Å². The minimum absolute atomic E-state index is 0.448. The minimum Gasteiger partial charge on any atom is -0.383 e. The Balaban J connectivity index is 2.22.